The lowest BCUT2D eigenvalue weighted by Crippen LogP contribution is -2.52. The Morgan fingerprint density at radius 2 is 1.76 bits per heavy atom. The molecule has 0 saturated carbocycles. The maximum Gasteiger partial charge on any atom is 0.305 e. The summed E-state index contributed by atoms with van der Waals surface area (Å²) in [4.78, 5) is 18.9. The van der Waals surface area contributed by atoms with Gasteiger partial charge in [0.2, 0.25) is 0 Å². The fourth-order valence-corrected chi connectivity index (χ4v) is 3.38. The fourth-order valence-electron chi connectivity index (χ4n) is 3.38. The number of rotatable bonds is 6. The van der Waals surface area contributed by atoms with E-state index in [4.69, 9.17) is 4.74 Å². The van der Waals surface area contributed by atoms with Gasteiger partial charge in [-0.15, -0.1) is 0 Å². The molecule has 0 N–H and O–H groups in total. The molecule has 0 aromatic carbocycles. The molecular formula is C16H31N3O2. The van der Waals surface area contributed by atoms with Gasteiger partial charge >= 0.3 is 5.97 Å². The molecule has 2 fully saturated rings. The number of carbonyl (C=O) groups excluding carboxylic acids is 1. The SMILES string of the molecule is CCOC(=O)CCCN1CCC(N2CCN(C)CC2)CC1. The molecule has 0 spiro atoms. The van der Waals surface area contributed by atoms with E-state index in [0.29, 0.717) is 13.0 Å². The molecule has 2 rings (SSSR count). The molecule has 21 heavy (non-hydrogen) atoms. The number of likely N-dealkylation sites (N-methyl/N-ethyl adjacent to an activating group) is 1. The second kappa shape index (κ2) is 8.71. The van der Waals surface area contributed by atoms with Crippen molar-refractivity contribution in [2.45, 2.75) is 38.6 Å². The van der Waals surface area contributed by atoms with E-state index < -0.39 is 0 Å². The van der Waals surface area contributed by atoms with Crippen LogP contribution in [0.25, 0.3) is 0 Å². The topological polar surface area (TPSA) is 36.0 Å². The van der Waals surface area contributed by atoms with E-state index >= 15 is 0 Å². The van der Waals surface area contributed by atoms with Crippen LogP contribution in [0.2, 0.25) is 0 Å². The van der Waals surface area contributed by atoms with Crippen LogP contribution in [-0.4, -0.2) is 86.2 Å². The van der Waals surface area contributed by atoms with Crippen molar-refractivity contribution in [3.05, 3.63) is 0 Å². The highest BCUT2D eigenvalue weighted by atomic mass is 16.5. The van der Waals surface area contributed by atoms with E-state index in [2.05, 4.69) is 21.7 Å². The first-order valence-electron chi connectivity index (χ1n) is 8.49. The molecule has 0 amide bonds. The van der Waals surface area contributed by atoms with E-state index in [1.165, 1.54) is 52.1 Å². The van der Waals surface area contributed by atoms with Gasteiger partial charge in [0.05, 0.1) is 6.61 Å². The lowest BCUT2D eigenvalue weighted by molar-refractivity contribution is -0.143. The van der Waals surface area contributed by atoms with Gasteiger partial charge in [-0.2, -0.15) is 0 Å². The summed E-state index contributed by atoms with van der Waals surface area (Å²) in [6.45, 7) is 10.6. The number of piperazine rings is 1. The van der Waals surface area contributed by atoms with Crippen molar-refractivity contribution in [2.24, 2.45) is 0 Å². The first-order chi connectivity index (χ1) is 10.2. The summed E-state index contributed by atoms with van der Waals surface area (Å²) < 4.78 is 4.97. The fraction of sp³-hybridized carbons (Fsp3) is 0.938. The molecule has 2 aliphatic heterocycles. The second-order valence-corrected chi connectivity index (χ2v) is 6.32. The number of carbonyl (C=O) groups is 1. The molecule has 5 nitrogen and oxygen atoms in total. The van der Waals surface area contributed by atoms with Gasteiger partial charge in [0.15, 0.2) is 0 Å². The standard InChI is InChI=1S/C16H31N3O2/c1-3-21-16(20)5-4-8-18-9-6-15(7-10-18)19-13-11-17(2)12-14-19/h15H,3-14H2,1-2H3. The number of likely N-dealkylation sites (tertiary alicyclic amines) is 1. The zero-order valence-corrected chi connectivity index (χ0v) is 13.7. The van der Waals surface area contributed by atoms with Crippen molar-refractivity contribution in [3.63, 3.8) is 0 Å². The van der Waals surface area contributed by atoms with Gasteiger partial charge in [0.25, 0.3) is 0 Å². The zero-order valence-electron chi connectivity index (χ0n) is 13.7. The number of ether oxygens (including phenoxy) is 1. The normalized spacial score (nSPS) is 23.3. The van der Waals surface area contributed by atoms with Crippen LogP contribution in [0, 0.1) is 0 Å². The summed E-state index contributed by atoms with van der Waals surface area (Å²) in [6, 6.07) is 0.778. The van der Waals surface area contributed by atoms with Crippen molar-refractivity contribution in [3.8, 4) is 0 Å². The smallest absolute Gasteiger partial charge is 0.305 e. The average Bonchev–Trinajstić information content (AvgIpc) is 2.49. The summed E-state index contributed by atoms with van der Waals surface area (Å²) in [7, 11) is 2.21. The minimum absolute atomic E-state index is 0.0511. The van der Waals surface area contributed by atoms with Gasteiger partial charge in [-0.1, -0.05) is 0 Å². The van der Waals surface area contributed by atoms with Gasteiger partial charge < -0.3 is 14.5 Å². The van der Waals surface area contributed by atoms with Crippen molar-refractivity contribution < 1.29 is 9.53 Å². The van der Waals surface area contributed by atoms with Crippen LogP contribution >= 0.6 is 0 Å². The molecule has 2 aliphatic rings. The highest BCUT2D eigenvalue weighted by Gasteiger charge is 2.26. The Labute approximate surface area is 129 Å². The van der Waals surface area contributed by atoms with Crippen LogP contribution in [-0.2, 0) is 9.53 Å². The van der Waals surface area contributed by atoms with E-state index in [1.54, 1.807) is 0 Å². The predicted octanol–water partition coefficient (Wildman–Crippen LogP) is 1.04. The van der Waals surface area contributed by atoms with Crippen molar-refractivity contribution in [1.29, 1.82) is 0 Å². The van der Waals surface area contributed by atoms with Gasteiger partial charge in [0.1, 0.15) is 0 Å². The van der Waals surface area contributed by atoms with Gasteiger partial charge in [-0.3, -0.25) is 9.69 Å². The molecule has 2 heterocycles. The molecular weight excluding hydrogens is 266 g/mol. The zero-order chi connectivity index (χ0) is 15.1. The van der Waals surface area contributed by atoms with E-state index in [9.17, 15) is 4.79 Å². The third-order valence-electron chi connectivity index (χ3n) is 4.77. The van der Waals surface area contributed by atoms with Crippen LogP contribution in [0.5, 0.6) is 0 Å². The predicted molar refractivity (Wildman–Crippen MR) is 84.4 cm³/mol. The Kier molecular flexibility index (Phi) is 6.93. The van der Waals surface area contributed by atoms with E-state index in [-0.39, 0.29) is 5.97 Å². The van der Waals surface area contributed by atoms with Gasteiger partial charge in [-0.25, -0.2) is 0 Å². The van der Waals surface area contributed by atoms with Crippen LogP contribution < -0.4 is 0 Å². The Morgan fingerprint density at radius 3 is 2.38 bits per heavy atom. The Hall–Kier alpha value is -0.650. The van der Waals surface area contributed by atoms with Crippen molar-refractivity contribution in [1.82, 2.24) is 14.7 Å². The summed E-state index contributed by atoms with van der Waals surface area (Å²) in [5.74, 6) is -0.0511. The minimum atomic E-state index is -0.0511. The highest BCUT2D eigenvalue weighted by Crippen LogP contribution is 2.18. The Bertz CT molecular complexity index is 309. The third-order valence-corrected chi connectivity index (χ3v) is 4.77. The largest absolute Gasteiger partial charge is 0.466 e. The third kappa shape index (κ3) is 5.57. The second-order valence-electron chi connectivity index (χ2n) is 6.32. The Balaban J connectivity index is 1.59. The minimum Gasteiger partial charge on any atom is -0.466 e. The number of piperidine rings is 1. The maximum atomic E-state index is 11.3. The lowest BCUT2D eigenvalue weighted by Gasteiger charge is -2.42. The lowest BCUT2D eigenvalue weighted by atomic mass is 10.0. The molecule has 0 atom stereocenters. The molecule has 0 bridgehead atoms. The van der Waals surface area contributed by atoms with E-state index in [0.717, 1.165) is 19.0 Å². The number of esters is 1. The summed E-state index contributed by atoms with van der Waals surface area (Å²) in [5.41, 5.74) is 0. The van der Waals surface area contributed by atoms with Crippen LogP contribution in [0.15, 0.2) is 0 Å². The van der Waals surface area contributed by atoms with E-state index in [1.807, 2.05) is 6.92 Å². The van der Waals surface area contributed by atoms with Gasteiger partial charge in [-0.05, 0) is 52.9 Å². The van der Waals surface area contributed by atoms with Crippen LogP contribution in [0.1, 0.15) is 32.6 Å². The molecule has 0 aliphatic carbocycles. The molecule has 0 aromatic rings. The molecule has 0 unspecified atom stereocenters. The Morgan fingerprint density at radius 1 is 1.10 bits per heavy atom. The maximum absolute atomic E-state index is 11.3. The van der Waals surface area contributed by atoms with Crippen LogP contribution in [0.4, 0.5) is 0 Å². The first kappa shape index (κ1) is 16.7. The molecule has 0 aromatic heterocycles. The summed E-state index contributed by atoms with van der Waals surface area (Å²) >= 11 is 0. The van der Waals surface area contributed by atoms with Crippen molar-refractivity contribution >= 4 is 5.97 Å². The molecule has 122 valence electrons. The number of hydrogen-bond donors (Lipinski definition) is 0. The molecule has 5 heteroatoms. The molecule has 0 radical (unpaired) electrons. The van der Waals surface area contributed by atoms with Gasteiger partial charge in [0, 0.05) is 38.6 Å². The molecule has 2 saturated heterocycles. The quantitative estimate of drug-likeness (QED) is 0.685. The summed E-state index contributed by atoms with van der Waals surface area (Å²) in [6.07, 6.45) is 4.05. The number of hydrogen-bond acceptors (Lipinski definition) is 5. The monoisotopic (exact) mass is 297 g/mol. The number of nitrogens with zero attached hydrogens (tertiary/aromatic N) is 3. The van der Waals surface area contributed by atoms with Crippen molar-refractivity contribution in [2.75, 3.05) is 59.5 Å². The summed E-state index contributed by atoms with van der Waals surface area (Å²) in [5, 5.41) is 0. The highest BCUT2D eigenvalue weighted by molar-refractivity contribution is 5.69. The van der Waals surface area contributed by atoms with Crippen LogP contribution in [0.3, 0.4) is 0 Å². The average molecular weight is 297 g/mol. The first-order valence-corrected chi connectivity index (χ1v) is 8.49.